The first kappa shape index (κ1) is 21.5. The Bertz CT molecular complexity index is 889. The van der Waals surface area contributed by atoms with Gasteiger partial charge in [-0.15, -0.1) is 0 Å². The molecule has 160 valence electrons. The van der Waals surface area contributed by atoms with E-state index in [1.54, 1.807) is 12.1 Å². The molecule has 2 heterocycles. The molecular formula is C24H28Cl2N2O2. The molecular weight excluding hydrogens is 419 g/mol. The predicted molar refractivity (Wildman–Crippen MR) is 122 cm³/mol. The first-order valence-corrected chi connectivity index (χ1v) is 11.5. The molecule has 2 aliphatic heterocycles. The van der Waals surface area contributed by atoms with E-state index in [-0.39, 0.29) is 12.0 Å². The molecule has 0 aromatic heterocycles. The maximum atomic E-state index is 12.8. The zero-order valence-corrected chi connectivity index (χ0v) is 18.8. The lowest BCUT2D eigenvalue weighted by atomic mass is 9.98. The Labute approximate surface area is 188 Å². The van der Waals surface area contributed by atoms with E-state index in [4.69, 9.17) is 27.9 Å². The number of rotatable bonds is 4. The van der Waals surface area contributed by atoms with E-state index in [0.717, 1.165) is 68.7 Å². The summed E-state index contributed by atoms with van der Waals surface area (Å²) in [5.41, 5.74) is 1.88. The van der Waals surface area contributed by atoms with E-state index in [1.807, 2.05) is 42.2 Å². The van der Waals surface area contributed by atoms with Gasteiger partial charge in [-0.2, -0.15) is 0 Å². The summed E-state index contributed by atoms with van der Waals surface area (Å²) in [4.78, 5) is 17.4. The minimum Gasteiger partial charge on any atom is -0.490 e. The number of ether oxygens (including phenoxy) is 1. The van der Waals surface area contributed by atoms with E-state index >= 15 is 0 Å². The van der Waals surface area contributed by atoms with Gasteiger partial charge in [0.1, 0.15) is 11.9 Å². The molecule has 2 saturated heterocycles. The van der Waals surface area contributed by atoms with Crippen LogP contribution in [-0.2, 0) is 0 Å². The van der Waals surface area contributed by atoms with Crippen LogP contribution >= 0.6 is 23.2 Å². The number of benzene rings is 2. The molecule has 6 heteroatoms. The number of carbonyl (C=O) groups excluding carboxylic acids is 1. The van der Waals surface area contributed by atoms with Crippen molar-refractivity contribution in [1.82, 2.24) is 9.80 Å². The number of nitrogens with zero attached hydrogens (tertiary/aromatic N) is 2. The fourth-order valence-corrected chi connectivity index (χ4v) is 4.81. The van der Waals surface area contributed by atoms with Gasteiger partial charge < -0.3 is 9.64 Å². The minimum atomic E-state index is 0.167. The summed E-state index contributed by atoms with van der Waals surface area (Å²) in [5, 5.41) is 1.07. The monoisotopic (exact) mass is 446 g/mol. The number of carbonyl (C=O) groups is 1. The van der Waals surface area contributed by atoms with Gasteiger partial charge in [-0.1, -0.05) is 41.4 Å². The number of halogens is 2. The molecule has 2 aromatic carbocycles. The Morgan fingerprint density at radius 3 is 2.30 bits per heavy atom. The molecule has 4 nitrogen and oxygen atoms in total. The number of likely N-dealkylation sites (tertiary alicyclic amines) is 2. The highest BCUT2D eigenvalue weighted by Crippen LogP contribution is 2.29. The van der Waals surface area contributed by atoms with Crippen molar-refractivity contribution >= 4 is 29.1 Å². The molecule has 2 aliphatic rings. The Kier molecular flexibility index (Phi) is 6.87. The third-order valence-corrected chi connectivity index (χ3v) is 7.05. The second-order valence-corrected chi connectivity index (χ2v) is 9.08. The largest absolute Gasteiger partial charge is 0.490 e. The lowest BCUT2D eigenvalue weighted by Crippen LogP contribution is -2.50. The Morgan fingerprint density at radius 1 is 0.933 bits per heavy atom. The van der Waals surface area contributed by atoms with Crippen molar-refractivity contribution in [2.75, 3.05) is 26.2 Å². The molecule has 2 aromatic rings. The summed E-state index contributed by atoms with van der Waals surface area (Å²) >= 11 is 12.1. The van der Waals surface area contributed by atoms with Gasteiger partial charge in [0, 0.05) is 43.9 Å². The molecule has 0 radical (unpaired) electrons. The summed E-state index contributed by atoms with van der Waals surface area (Å²) in [5.74, 6) is 0.950. The van der Waals surface area contributed by atoms with Crippen LogP contribution in [0.4, 0.5) is 0 Å². The second-order valence-electron chi connectivity index (χ2n) is 8.27. The van der Waals surface area contributed by atoms with Crippen molar-refractivity contribution in [3.8, 4) is 5.75 Å². The number of piperidine rings is 2. The first-order chi connectivity index (χ1) is 14.5. The van der Waals surface area contributed by atoms with Gasteiger partial charge in [-0.05, 0) is 56.4 Å². The van der Waals surface area contributed by atoms with E-state index in [1.165, 1.54) is 0 Å². The maximum absolute atomic E-state index is 12.8. The summed E-state index contributed by atoms with van der Waals surface area (Å²) in [6, 6.07) is 13.9. The predicted octanol–water partition coefficient (Wildman–Crippen LogP) is 5.45. The zero-order valence-electron chi connectivity index (χ0n) is 17.3. The molecule has 0 spiro atoms. The van der Waals surface area contributed by atoms with Gasteiger partial charge >= 0.3 is 0 Å². The Morgan fingerprint density at radius 2 is 1.63 bits per heavy atom. The summed E-state index contributed by atoms with van der Waals surface area (Å²) in [7, 11) is 0. The molecule has 0 N–H and O–H groups in total. The van der Waals surface area contributed by atoms with Crippen molar-refractivity contribution < 1.29 is 9.53 Å². The number of hydrogen-bond acceptors (Lipinski definition) is 3. The van der Waals surface area contributed by atoms with Gasteiger partial charge in [-0.3, -0.25) is 9.69 Å². The van der Waals surface area contributed by atoms with Crippen LogP contribution in [0.2, 0.25) is 10.0 Å². The molecule has 0 aliphatic carbocycles. The summed E-state index contributed by atoms with van der Waals surface area (Å²) in [6.07, 6.45) is 4.29. The van der Waals surface area contributed by atoms with Crippen LogP contribution in [-0.4, -0.2) is 54.0 Å². The quantitative estimate of drug-likeness (QED) is 0.625. The maximum Gasteiger partial charge on any atom is 0.254 e. The van der Waals surface area contributed by atoms with Gasteiger partial charge in [-0.25, -0.2) is 0 Å². The number of hydrogen-bond donors (Lipinski definition) is 0. The highest BCUT2D eigenvalue weighted by Gasteiger charge is 2.30. The number of amides is 1. The third kappa shape index (κ3) is 4.93. The number of aryl methyl sites for hydroxylation is 1. The molecule has 2 fully saturated rings. The molecule has 0 atom stereocenters. The fraction of sp³-hybridized carbons (Fsp3) is 0.458. The standard InChI is InChI=1S/C24H28Cl2N2O2/c1-17-4-2-3-5-21(17)24(29)28-12-8-18(9-13-28)27-14-10-19(11-15-27)30-20-6-7-22(25)23(26)16-20/h2-7,16,18-19H,8-15H2,1H3. The highest BCUT2D eigenvalue weighted by atomic mass is 35.5. The van der Waals surface area contributed by atoms with E-state index in [2.05, 4.69) is 4.90 Å². The molecule has 0 bridgehead atoms. The van der Waals surface area contributed by atoms with Crippen LogP contribution in [0.5, 0.6) is 5.75 Å². The van der Waals surface area contributed by atoms with Crippen LogP contribution in [0, 0.1) is 6.92 Å². The smallest absolute Gasteiger partial charge is 0.254 e. The van der Waals surface area contributed by atoms with E-state index < -0.39 is 0 Å². The van der Waals surface area contributed by atoms with Crippen LogP contribution in [0.25, 0.3) is 0 Å². The molecule has 1 amide bonds. The summed E-state index contributed by atoms with van der Waals surface area (Å²) in [6.45, 7) is 5.73. The van der Waals surface area contributed by atoms with E-state index in [9.17, 15) is 4.79 Å². The normalized spacial score (nSPS) is 19.1. The average Bonchev–Trinajstić information content (AvgIpc) is 2.77. The Hall–Kier alpha value is -1.75. The van der Waals surface area contributed by atoms with Gasteiger partial charge in [0.2, 0.25) is 0 Å². The van der Waals surface area contributed by atoms with Crippen LogP contribution < -0.4 is 4.74 Å². The van der Waals surface area contributed by atoms with Gasteiger partial charge in [0.25, 0.3) is 5.91 Å². The third-order valence-electron chi connectivity index (χ3n) is 6.31. The molecule has 4 rings (SSSR count). The van der Waals surface area contributed by atoms with Crippen molar-refractivity contribution in [3.63, 3.8) is 0 Å². The zero-order chi connectivity index (χ0) is 21.1. The van der Waals surface area contributed by atoms with Crippen molar-refractivity contribution in [2.45, 2.75) is 44.8 Å². The lowest BCUT2D eigenvalue weighted by molar-refractivity contribution is 0.0425. The molecule has 0 saturated carbocycles. The average molecular weight is 447 g/mol. The van der Waals surface area contributed by atoms with Gasteiger partial charge in [0.05, 0.1) is 10.0 Å². The van der Waals surface area contributed by atoms with Crippen LogP contribution in [0.1, 0.15) is 41.6 Å². The molecule has 0 unspecified atom stereocenters. The molecule has 30 heavy (non-hydrogen) atoms. The fourth-order valence-electron chi connectivity index (χ4n) is 4.52. The first-order valence-electron chi connectivity index (χ1n) is 10.7. The van der Waals surface area contributed by atoms with Gasteiger partial charge in [0.15, 0.2) is 0 Å². The van der Waals surface area contributed by atoms with Crippen molar-refractivity contribution in [2.24, 2.45) is 0 Å². The highest BCUT2D eigenvalue weighted by molar-refractivity contribution is 6.42. The van der Waals surface area contributed by atoms with Crippen LogP contribution in [0.3, 0.4) is 0 Å². The topological polar surface area (TPSA) is 32.8 Å². The Balaban J connectivity index is 1.25. The SMILES string of the molecule is Cc1ccccc1C(=O)N1CCC(N2CCC(Oc3ccc(Cl)c(Cl)c3)CC2)CC1. The van der Waals surface area contributed by atoms with Crippen molar-refractivity contribution in [1.29, 1.82) is 0 Å². The summed E-state index contributed by atoms with van der Waals surface area (Å²) < 4.78 is 6.11. The van der Waals surface area contributed by atoms with E-state index in [0.29, 0.717) is 16.1 Å². The second kappa shape index (κ2) is 9.59. The lowest BCUT2D eigenvalue weighted by Gasteiger charge is -2.41. The van der Waals surface area contributed by atoms with Crippen LogP contribution in [0.15, 0.2) is 42.5 Å². The minimum absolute atomic E-state index is 0.167. The van der Waals surface area contributed by atoms with Crippen molar-refractivity contribution in [3.05, 3.63) is 63.6 Å².